The number of nitrogens with zero attached hydrogens (tertiary/aromatic N) is 1. The van der Waals surface area contributed by atoms with Crippen LogP contribution in [0.1, 0.15) is 32.3 Å². The molecule has 0 aliphatic carbocycles. The lowest BCUT2D eigenvalue weighted by molar-refractivity contribution is 0.113. The van der Waals surface area contributed by atoms with E-state index in [2.05, 4.69) is 38.2 Å². The number of piperazine rings is 1. The third-order valence-electron chi connectivity index (χ3n) is 3.97. The minimum absolute atomic E-state index is 0.0700. The number of hydrogen-bond acceptors (Lipinski definition) is 2. The van der Waals surface area contributed by atoms with Gasteiger partial charge in [0, 0.05) is 31.6 Å². The molecule has 110 valence electrons. The lowest BCUT2D eigenvalue weighted by Gasteiger charge is -2.42. The van der Waals surface area contributed by atoms with Gasteiger partial charge < -0.3 is 15.3 Å². The van der Waals surface area contributed by atoms with Crippen molar-refractivity contribution in [1.82, 2.24) is 10.2 Å². The van der Waals surface area contributed by atoms with Crippen LogP contribution in [0.2, 0.25) is 0 Å². The highest BCUT2D eigenvalue weighted by molar-refractivity contribution is 5.65. The van der Waals surface area contributed by atoms with Gasteiger partial charge in [-0.05, 0) is 11.0 Å². The Bertz CT molecular complexity index is 453. The molecular formula is C16H24N2O2. The van der Waals surface area contributed by atoms with Gasteiger partial charge >= 0.3 is 6.09 Å². The summed E-state index contributed by atoms with van der Waals surface area (Å²) in [4.78, 5) is 12.7. The smallest absolute Gasteiger partial charge is 0.407 e. The van der Waals surface area contributed by atoms with E-state index in [1.54, 1.807) is 0 Å². The Balaban J connectivity index is 2.26. The van der Waals surface area contributed by atoms with Crippen molar-refractivity contribution < 1.29 is 9.90 Å². The lowest BCUT2D eigenvalue weighted by Crippen LogP contribution is -2.56. The average molecular weight is 276 g/mol. The molecule has 2 N–H and O–H groups in total. The van der Waals surface area contributed by atoms with Gasteiger partial charge in [-0.1, -0.05) is 51.1 Å². The molecule has 1 saturated heterocycles. The number of rotatable bonds is 2. The summed E-state index contributed by atoms with van der Waals surface area (Å²) in [6.07, 6.45) is -0.822. The number of benzene rings is 1. The fourth-order valence-electron chi connectivity index (χ4n) is 3.17. The lowest BCUT2D eigenvalue weighted by atomic mass is 9.72. The summed E-state index contributed by atoms with van der Waals surface area (Å²) < 4.78 is 0. The summed E-state index contributed by atoms with van der Waals surface area (Å²) in [6, 6.07) is 10.5. The molecule has 0 saturated carbocycles. The van der Waals surface area contributed by atoms with Crippen LogP contribution in [0.4, 0.5) is 4.79 Å². The molecule has 1 amide bonds. The van der Waals surface area contributed by atoms with Gasteiger partial charge in [-0.3, -0.25) is 0 Å². The second kappa shape index (κ2) is 5.83. The van der Waals surface area contributed by atoms with Gasteiger partial charge in [0.2, 0.25) is 0 Å². The van der Waals surface area contributed by atoms with Gasteiger partial charge in [-0.25, -0.2) is 4.79 Å². The largest absolute Gasteiger partial charge is 0.465 e. The van der Waals surface area contributed by atoms with Gasteiger partial charge in [0.15, 0.2) is 0 Å². The van der Waals surface area contributed by atoms with Crippen molar-refractivity contribution in [3.05, 3.63) is 35.9 Å². The Morgan fingerprint density at radius 1 is 1.35 bits per heavy atom. The second-order valence-electron chi connectivity index (χ2n) is 6.54. The Hall–Kier alpha value is -1.55. The highest BCUT2D eigenvalue weighted by Gasteiger charge is 2.36. The maximum atomic E-state index is 11.2. The predicted octanol–water partition coefficient (Wildman–Crippen LogP) is 2.77. The SMILES string of the molecule is CC(C)(C)C(c1ccccc1)C1CN(C(=O)O)CCN1. The molecule has 1 heterocycles. The second-order valence-corrected chi connectivity index (χ2v) is 6.54. The van der Waals surface area contributed by atoms with E-state index in [0.29, 0.717) is 13.1 Å². The number of nitrogens with one attached hydrogen (secondary N) is 1. The number of hydrogen-bond donors (Lipinski definition) is 2. The van der Waals surface area contributed by atoms with E-state index in [1.165, 1.54) is 10.5 Å². The summed E-state index contributed by atoms with van der Waals surface area (Å²) in [5, 5.41) is 12.7. The minimum atomic E-state index is -0.822. The molecule has 0 bridgehead atoms. The van der Waals surface area contributed by atoms with Gasteiger partial charge in [0.25, 0.3) is 0 Å². The third kappa shape index (κ3) is 3.31. The van der Waals surface area contributed by atoms with E-state index in [0.717, 1.165) is 6.54 Å². The van der Waals surface area contributed by atoms with Gasteiger partial charge in [-0.15, -0.1) is 0 Å². The Morgan fingerprint density at radius 2 is 2.00 bits per heavy atom. The molecule has 2 rings (SSSR count). The van der Waals surface area contributed by atoms with Crippen molar-refractivity contribution in [2.75, 3.05) is 19.6 Å². The zero-order chi connectivity index (χ0) is 14.8. The molecule has 1 aromatic rings. The maximum absolute atomic E-state index is 11.2. The zero-order valence-electron chi connectivity index (χ0n) is 12.5. The zero-order valence-corrected chi connectivity index (χ0v) is 12.5. The van der Waals surface area contributed by atoms with Crippen LogP contribution < -0.4 is 5.32 Å². The standard InChI is InChI=1S/C16H24N2O2/c1-16(2,3)14(12-7-5-4-6-8-12)13-11-18(15(19)20)10-9-17-13/h4-8,13-14,17H,9-11H2,1-3H3,(H,19,20). The monoisotopic (exact) mass is 276 g/mol. The summed E-state index contributed by atoms with van der Waals surface area (Å²) in [5.74, 6) is 0.283. The Labute approximate surface area is 120 Å². The van der Waals surface area contributed by atoms with Crippen molar-refractivity contribution in [2.45, 2.75) is 32.7 Å². The first-order chi connectivity index (χ1) is 9.39. The molecule has 4 nitrogen and oxygen atoms in total. The topological polar surface area (TPSA) is 52.6 Å². The highest BCUT2D eigenvalue weighted by atomic mass is 16.4. The summed E-state index contributed by atoms with van der Waals surface area (Å²) in [7, 11) is 0. The van der Waals surface area contributed by atoms with Gasteiger partial charge in [0.05, 0.1) is 0 Å². The molecule has 2 unspecified atom stereocenters. The summed E-state index contributed by atoms with van der Waals surface area (Å²) in [5.41, 5.74) is 1.34. The first-order valence-electron chi connectivity index (χ1n) is 7.16. The van der Waals surface area contributed by atoms with Gasteiger partial charge in [0.1, 0.15) is 0 Å². The van der Waals surface area contributed by atoms with Crippen LogP contribution in [0.3, 0.4) is 0 Å². The Morgan fingerprint density at radius 3 is 2.55 bits per heavy atom. The predicted molar refractivity (Wildman–Crippen MR) is 80.0 cm³/mol. The first kappa shape index (κ1) is 14.9. The molecule has 20 heavy (non-hydrogen) atoms. The number of carboxylic acid groups (broad SMARTS) is 1. The Kier molecular flexibility index (Phi) is 4.33. The van der Waals surface area contributed by atoms with E-state index < -0.39 is 6.09 Å². The first-order valence-corrected chi connectivity index (χ1v) is 7.16. The molecule has 1 aliphatic rings. The highest BCUT2D eigenvalue weighted by Crippen LogP contribution is 2.38. The fraction of sp³-hybridized carbons (Fsp3) is 0.562. The van der Waals surface area contributed by atoms with Crippen LogP contribution in [0.15, 0.2) is 30.3 Å². The molecule has 0 aromatic heterocycles. The third-order valence-corrected chi connectivity index (χ3v) is 3.97. The van der Waals surface area contributed by atoms with E-state index in [-0.39, 0.29) is 17.4 Å². The quantitative estimate of drug-likeness (QED) is 0.873. The van der Waals surface area contributed by atoms with Crippen LogP contribution in [-0.2, 0) is 0 Å². The number of amides is 1. The normalized spacial score (nSPS) is 21.6. The molecular weight excluding hydrogens is 252 g/mol. The van der Waals surface area contributed by atoms with Crippen LogP contribution in [0.5, 0.6) is 0 Å². The minimum Gasteiger partial charge on any atom is -0.465 e. The van der Waals surface area contributed by atoms with E-state index in [4.69, 9.17) is 0 Å². The van der Waals surface area contributed by atoms with Crippen molar-refractivity contribution in [2.24, 2.45) is 5.41 Å². The van der Waals surface area contributed by atoms with E-state index >= 15 is 0 Å². The van der Waals surface area contributed by atoms with Crippen molar-refractivity contribution in [3.63, 3.8) is 0 Å². The molecule has 2 atom stereocenters. The average Bonchev–Trinajstić information content (AvgIpc) is 2.39. The van der Waals surface area contributed by atoms with E-state index in [9.17, 15) is 9.90 Å². The van der Waals surface area contributed by atoms with Crippen LogP contribution in [0, 0.1) is 5.41 Å². The fourth-order valence-corrected chi connectivity index (χ4v) is 3.17. The molecule has 1 aliphatic heterocycles. The van der Waals surface area contributed by atoms with Crippen LogP contribution >= 0.6 is 0 Å². The van der Waals surface area contributed by atoms with Crippen molar-refractivity contribution in [3.8, 4) is 0 Å². The summed E-state index contributed by atoms with van der Waals surface area (Å²) >= 11 is 0. The van der Waals surface area contributed by atoms with Crippen molar-refractivity contribution in [1.29, 1.82) is 0 Å². The van der Waals surface area contributed by atoms with E-state index in [1.807, 2.05) is 18.2 Å². The van der Waals surface area contributed by atoms with Gasteiger partial charge in [-0.2, -0.15) is 0 Å². The van der Waals surface area contributed by atoms with Crippen LogP contribution in [0.25, 0.3) is 0 Å². The molecule has 4 heteroatoms. The number of carbonyl (C=O) groups is 1. The molecule has 0 radical (unpaired) electrons. The molecule has 1 fully saturated rings. The molecule has 0 spiro atoms. The summed E-state index contributed by atoms with van der Waals surface area (Å²) in [6.45, 7) is 8.48. The maximum Gasteiger partial charge on any atom is 0.407 e. The molecule has 1 aromatic carbocycles. The van der Waals surface area contributed by atoms with Crippen LogP contribution in [-0.4, -0.2) is 41.8 Å². The van der Waals surface area contributed by atoms with Crippen molar-refractivity contribution >= 4 is 6.09 Å².